The number of nitrogens with zero attached hydrogens (tertiary/aromatic N) is 1. The number of rotatable bonds is 6. The number of ether oxygens (including phenoxy) is 1. The van der Waals surface area contributed by atoms with E-state index in [1.54, 1.807) is 0 Å². The molecule has 1 saturated heterocycles. The molecule has 8 nitrogen and oxygen atoms in total. The van der Waals surface area contributed by atoms with Crippen molar-refractivity contribution in [2.24, 2.45) is 0 Å². The van der Waals surface area contributed by atoms with Crippen LogP contribution in [0, 0.1) is 0 Å². The number of amides is 2. The summed E-state index contributed by atoms with van der Waals surface area (Å²) in [6.45, 7) is 4.89. The van der Waals surface area contributed by atoms with E-state index < -0.39 is 5.91 Å². The number of hydrazine groups is 1. The van der Waals surface area contributed by atoms with Crippen molar-refractivity contribution in [3.63, 3.8) is 0 Å². The third kappa shape index (κ3) is 5.34. The summed E-state index contributed by atoms with van der Waals surface area (Å²) in [6, 6.07) is 1.48. The van der Waals surface area contributed by atoms with Crippen LogP contribution in [0.5, 0.6) is 5.88 Å². The molecular weight excluding hydrogens is 322 g/mol. The van der Waals surface area contributed by atoms with Gasteiger partial charge in [0.2, 0.25) is 11.8 Å². The second kappa shape index (κ2) is 8.09. The van der Waals surface area contributed by atoms with Gasteiger partial charge in [0.05, 0.1) is 24.3 Å². The Morgan fingerprint density at radius 3 is 2.74 bits per heavy atom. The van der Waals surface area contributed by atoms with E-state index in [-0.39, 0.29) is 41.1 Å². The maximum Gasteiger partial charge on any atom is 0.253 e. The highest BCUT2D eigenvalue weighted by atomic mass is 35.5. The summed E-state index contributed by atoms with van der Waals surface area (Å²) in [7, 11) is 0. The van der Waals surface area contributed by atoms with E-state index in [9.17, 15) is 9.59 Å². The molecule has 126 valence electrons. The molecule has 1 aromatic rings. The number of aromatic nitrogens is 1. The first-order valence-corrected chi connectivity index (χ1v) is 7.69. The molecule has 0 saturated carbocycles. The number of hydrogen-bond acceptors (Lipinski definition) is 6. The molecule has 0 aliphatic carbocycles. The molecule has 1 aromatic heterocycles. The Hall–Kier alpha value is -1.90. The lowest BCUT2D eigenvalue weighted by Crippen LogP contribution is -2.44. The van der Waals surface area contributed by atoms with Crippen molar-refractivity contribution >= 4 is 23.4 Å². The van der Waals surface area contributed by atoms with Crippen LogP contribution in [0.15, 0.2) is 12.3 Å². The molecule has 2 amide bonds. The van der Waals surface area contributed by atoms with Crippen LogP contribution in [-0.2, 0) is 4.79 Å². The Morgan fingerprint density at radius 2 is 2.13 bits per heavy atom. The predicted molar refractivity (Wildman–Crippen MR) is 85.3 cm³/mol. The molecule has 0 spiro atoms. The lowest BCUT2D eigenvalue weighted by molar-refractivity contribution is -0.120. The van der Waals surface area contributed by atoms with Crippen molar-refractivity contribution in [2.75, 3.05) is 19.6 Å². The van der Waals surface area contributed by atoms with Gasteiger partial charge in [-0.25, -0.2) is 4.98 Å². The molecule has 0 radical (unpaired) electrons. The van der Waals surface area contributed by atoms with Crippen molar-refractivity contribution in [1.82, 2.24) is 26.5 Å². The van der Waals surface area contributed by atoms with E-state index in [0.717, 1.165) is 0 Å². The SMILES string of the molecule is CC(C)Oc1ncc(C(=O)NCC(=O)NC2CNNC2)cc1Cl. The molecule has 0 unspecified atom stereocenters. The Balaban J connectivity index is 1.85. The van der Waals surface area contributed by atoms with Gasteiger partial charge in [-0.15, -0.1) is 0 Å². The number of hydrogen-bond donors (Lipinski definition) is 4. The van der Waals surface area contributed by atoms with E-state index in [1.165, 1.54) is 12.3 Å². The van der Waals surface area contributed by atoms with Gasteiger partial charge in [-0.3, -0.25) is 20.4 Å². The van der Waals surface area contributed by atoms with Crippen molar-refractivity contribution < 1.29 is 14.3 Å². The molecule has 9 heteroatoms. The van der Waals surface area contributed by atoms with Gasteiger partial charge in [0.15, 0.2) is 0 Å². The lowest BCUT2D eigenvalue weighted by Gasteiger charge is -2.12. The number of halogens is 1. The molecule has 0 aromatic carbocycles. The number of pyridine rings is 1. The fourth-order valence-electron chi connectivity index (χ4n) is 1.97. The van der Waals surface area contributed by atoms with Gasteiger partial charge >= 0.3 is 0 Å². The van der Waals surface area contributed by atoms with Crippen LogP contribution in [-0.4, -0.2) is 48.6 Å². The first-order chi connectivity index (χ1) is 11.0. The summed E-state index contributed by atoms with van der Waals surface area (Å²) < 4.78 is 5.40. The van der Waals surface area contributed by atoms with Gasteiger partial charge in [-0.2, -0.15) is 0 Å². The first-order valence-electron chi connectivity index (χ1n) is 7.31. The van der Waals surface area contributed by atoms with Crippen molar-refractivity contribution in [3.8, 4) is 5.88 Å². The van der Waals surface area contributed by atoms with Crippen LogP contribution >= 0.6 is 11.6 Å². The quantitative estimate of drug-likeness (QED) is 0.573. The Kier molecular flexibility index (Phi) is 6.14. The van der Waals surface area contributed by atoms with E-state index in [2.05, 4.69) is 26.5 Å². The summed E-state index contributed by atoms with van der Waals surface area (Å²) in [4.78, 5) is 27.8. The van der Waals surface area contributed by atoms with Gasteiger partial charge < -0.3 is 15.4 Å². The third-order valence-electron chi connectivity index (χ3n) is 3.01. The van der Waals surface area contributed by atoms with Crippen LogP contribution < -0.4 is 26.2 Å². The van der Waals surface area contributed by atoms with Gasteiger partial charge in [0, 0.05) is 19.3 Å². The predicted octanol–water partition coefficient (Wildman–Crippen LogP) is -0.155. The zero-order chi connectivity index (χ0) is 16.8. The molecule has 0 bridgehead atoms. The molecule has 4 N–H and O–H groups in total. The summed E-state index contributed by atoms with van der Waals surface area (Å²) in [5.74, 6) is -0.404. The summed E-state index contributed by atoms with van der Waals surface area (Å²) in [6.07, 6.45) is 1.30. The minimum Gasteiger partial charge on any atom is -0.474 e. The van der Waals surface area contributed by atoms with Gasteiger partial charge in [-0.05, 0) is 19.9 Å². The number of nitrogens with one attached hydrogen (secondary N) is 4. The number of carbonyl (C=O) groups is 2. The summed E-state index contributed by atoms with van der Waals surface area (Å²) >= 11 is 6.03. The average Bonchev–Trinajstić information content (AvgIpc) is 2.99. The van der Waals surface area contributed by atoms with Crippen LogP contribution in [0.2, 0.25) is 5.02 Å². The molecule has 2 rings (SSSR count). The fourth-order valence-corrected chi connectivity index (χ4v) is 2.18. The van der Waals surface area contributed by atoms with E-state index in [0.29, 0.717) is 13.1 Å². The molecule has 23 heavy (non-hydrogen) atoms. The van der Waals surface area contributed by atoms with Gasteiger partial charge in [0.25, 0.3) is 5.91 Å². The minimum absolute atomic E-state index is 0.0166. The van der Waals surface area contributed by atoms with Crippen LogP contribution in [0.3, 0.4) is 0 Å². The summed E-state index contributed by atoms with van der Waals surface area (Å²) in [5.41, 5.74) is 6.08. The normalized spacial score (nSPS) is 14.8. The second-order valence-electron chi connectivity index (χ2n) is 5.39. The molecular formula is C14H20ClN5O3. The highest BCUT2D eigenvalue weighted by Crippen LogP contribution is 2.23. The molecule has 2 heterocycles. The number of carbonyl (C=O) groups excluding carboxylic acids is 2. The monoisotopic (exact) mass is 341 g/mol. The molecule has 0 atom stereocenters. The Labute approximate surface area is 139 Å². The molecule has 1 aliphatic rings. The zero-order valence-corrected chi connectivity index (χ0v) is 13.7. The zero-order valence-electron chi connectivity index (χ0n) is 13.0. The van der Waals surface area contributed by atoms with E-state index in [1.807, 2.05) is 13.8 Å². The van der Waals surface area contributed by atoms with Crippen LogP contribution in [0.4, 0.5) is 0 Å². The highest BCUT2D eigenvalue weighted by molar-refractivity contribution is 6.32. The van der Waals surface area contributed by atoms with Crippen molar-refractivity contribution in [3.05, 3.63) is 22.8 Å². The van der Waals surface area contributed by atoms with Gasteiger partial charge in [0.1, 0.15) is 5.02 Å². The summed E-state index contributed by atoms with van der Waals surface area (Å²) in [5, 5.41) is 5.57. The largest absolute Gasteiger partial charge is 0.474 e. The van der Waals surface area contributed by atoms with Crippen molar-refractivity contribution in [1.29, 1.82) is 0 Å². The smallest absolute Gasteiger partial charge is 0.253 e. The maximum atomic E-state index is 12.0. The highest BCUT2D eigenvalue weighted by Gasteiger charge is 2.17. The average molecular weight is 342 g/mol. The third-order valence-corrected chi connectivity index (χ3v) is 3.28. The first kappa shape index (κ1) is 17.5. The Bertz CT molecular complexity index is 576. The minimum atomic E-state index is -0.423. The second-order valence-corrected chi connectivity index (χ2v) is 5.79. The fraction of sp³-hybridized carbons (Fsp3) is 0.500. The topological polar surface area (TPSA) is 104 Å². The molecule has 1 aliphatic heterocycles. The standard InChI is InChI=1S/C14H20ClN5O3/c1-8(2)23-14-11(15)3-9(4-17-14)13(22)16-7-12(21)20-10-5-18-19-6-10/h3-4,8,10,18-19H,5-7H2,1-2H3,(H,16,22)(H,20,21). The van der Waals surface area contributed by atoms with Crippen LogP contribution in [0.25, 0.3) is 0 Å². The van der Waals surface area contributed by atoms with Crippen LogP contribution in [0.1, 0.15) is 24.2 Å². The molecule has 1 fully saturated rings. The van der Waals surface area contributed by atoms with E-state index >= 15 is 0 Å². The Morgan fingerprint density at radius 1 is 1.43 bits per heavy atom. The maximum absolute atomic E-state index is 12.0. The van der Waals surface area contributed by atoms with E-state index in [4.69, 9.17) is 16.3 Å². The van der Waals surface area contributed by atoms with Gasteiger partial charge in [-0.1, -0.05) is 11.6 Å². The van der Waals surface area contributed by atoms with Crippen molar-refractivity contribution in [2.45, 2.75) is 26.0 Å². The lowest BCUT2D eigenvalue weighted by atomic mass is 10.2.